The summed E-state index contributed by atoms with van der Waals surface area (Å²) < 4.78 is 52.3. The lowest BCUT2D eigenvalue weighted by Gasteiger charge is -2.11. The van der Waals surface area contributed by atoms with Crippen LogP contribution in [0.15, 0.2) is 6.07 Å². The molecule has 0 amide bonds. The summed E-state index contributed by atoms with van der Waals surface area (Å²) in [6.07, 6.45) is -4.93. The number of rotatable bonds is 3. The van der Waals surface area contributed by atoms with Gasteiger partial charge < -0.3 is 15.6 Å². The van der Waals surface area contributed by atoms with Gasteiger partial charge in [0.2, 0.25) is 5.88 Å². The number of hydrogen-bond acceptors (Lipinski definition) is 4. The number of pyridine rings is 1. The van der Waals surface area contributed by atoms with Gasteiger partial charge in [-0.2, -0.15) is 0 Å². The Morgan fingerprint density at radius 3 is 2.50 bits per heavy atom. The van der Waals surface area contributed by atoms with Crippen LogP contribution >= 0.6 is 0 Å². The zero-order chi connectivity index (χ0) is 12.3. The summed E-state index contributed by atoms with van der Waals surface area (Å²) in [6.45, 7) is -1.16. The molecule has 0 saturated heterocycles. The number of aromatic nitrogens is 1. The standard InChI is InChI=1S/C8H8F4N2O2/c9-7-4(2-13)1-6(14-5(7)3-15)16-8(10,11)12/h1,15H,2-3,13H2. The van der Waals surface area contributed by atoms with E-state index in [0.717, 1.165) is 6.07 Å². The normalized spacial score (nSPS) is 11.6. The molecule has 90 valence electrons. The molecule has 1 rings (SSSR count). The predicted octanol–water partition coefficient (Wildman–Crippen LogP) is 1.07. The maximum Gasteiger partial charge on any atom is 0.574 e. The molecule has 3 N–H and O–H groups in total. The third-order valence-electron chi connectivity index (χ3n) is 1.67. The molecule has 16 heavy (non-hydrogen) atoms. The van der Waals surface area contributed by atoms with Gasteiger partial charge in [-0.1, -0.05) is 0 Å². The van der Waals surface area contributed by atoms with Crippen LogP contribution in [0.4, 0.5) is 17.6 Å². The molecule has 0 aliphatic heterocycles. The van der Waals surface area contributed by atoms with E-state index in [1.807, 2.05) is 0 Å². The largest absolute Gasteiger partial charge is 0.574 e. The lowest BCUT2D eigenvalue weighted by atomic mass is 10.2. The summed E-state index contributed by atoms with van der Waals surface area (Å²) in [5.41, 5.74) is 4.37. The second-order valence-electron chi connectivity index (χ2n) is 2.79. The van der Waals surface area contributed by atoms with E-state index in [2.05, 4.69) is 9.72 Å². The fourth-order valence-corrected chi connectivity index (χ4v) is 1.04. The highest BCUT2D eigenvalue weighted by Gasteiger charge is 2.32. The molecule has 0 spiro atoms. The molecule has 0 unspecified atom stereocenters. The topological polar surface area (TPSA) is 68.4 Å². The zero-order valence-corrected chi connectivity index (χ0v) is 7.88. The van der Waals surface area contributed by atoms with Crippen molar-refractivity contribution in [1.29, 1.82) is 0 Å². The minimum absolute atomic E-state index is 0.210. The van der Waals surface area contributed by atoms with E-state index >= 15 is 0 Å². The van der Waals surface area contributed by atoms with Gasteiger partial charge in [0, 0.05) is 18.2 Å². The van der Waals surface area contributed by atoms with E-state index < -0.39 is 30.4 Å². The quantitative estimate of drug-likeness (QED) is 0.775. The highest BCUT2D eigenvalue weighted by Crippen LogP contribution is 2.24. The number of aliphatic hydroxyl groups is 1. The SMILES string of the molecule is NCc1cc(OC(F)(F)F)nc(CO)c1F. The molecule has 1 aromatic rings. The van der Waals surface area contributed by atoms with Gasteiger partial charge in [-0.25, -0.2) is 9.37 Å². The predicted molar refractivity (Wildman–Crippen MR) is 44.7 cm³/mol. The van der Waals surface area contributed by atoms with Gasteiger partial charge in [0.15, 0.2) is 5.82 Å². The van der Waals surface area contributed by atoms with E-state index in [4.69, 9.17) is 10.8 Å². The van der Waals surface area contributed by atoms with Crippen molar-refractivity contribution < 1.29 is 27.4 Å². The molecule has 8 heteroatoms. The summed E-state index contributed by atoms with van der Waals surface area (Å²) in [6, 6.07) is 0.738. The minimum atomic E-state index is -4.93. The van der Waals surface area contributed by atoms with Crippen molar-refractivity contribution >= 4 is 0 Å². The maximum absolute atomic E-state index is 13.2. The number of ether oxygens (including phenoxy) is 1. The Bertz CT molecular complexity index is 356. The fraction of sp³-hybridized carbons (Fsp3) is 0.375. The third kappa shape index (κ3) is 3.04. The van der Waals surface area contributed by atoms with Crippen LogP contribution < -0.4 is 10.5 Å². The molecule has 0 bridgehead atoms. The Morgan fingerprint density at radius 2 is 2.06 bits per heavy atom. The van der Waals surface area contributed by atoms with E-state index in [-0.39, 0.29) is 12.1 Å². The van der Waals surface area contributed by atoms with Crippen LogP contribution in [-0.2, 0) is 13.2 Å². The number of hydrogen-bond donors (Lipinski definition) is 2. The third-order valence-corrected chi connectivity index (χ3v) is 1.67. The summed E-state index contributed by atoms with van der Waals surface area (Å²) in [5.74, 6) is -1.78. The van der Waals surface area contributed by atoms with Crippen LogP contribution in [-0.4, -0.2) is 16.5 Å². The molecule has 1 heterocycles. The summed E-state index contributed by atoms with van der Waals surface area (Å²) in [7, 11) is 0. The smallest absolute Gasteiger partial charge is 0.390 e. The van der Waals surface area contributed by atoms with Crippen molar-refractivity contribution in [2.24, 2.45) is 5.73 Å². The second-order valence-corrected chi connectivity index (χ2v) is 2.79. The number of nitrogens with two attached hydrogens (primary N) is 1. The van der Waals surface area contributed by atoms with Crippen LogP contribution in [0, 0.1) is 5.82 Å². The van der Waals surface area contributed by atoms with Gasteiger partial charge in [0.05, 0.1) is 6.61 Å². The van der Waals surface area contributed by atoms with E-state index in [0.29, 0.717) is 0 Å². The minimum Gasteiger partial charge on any atom is -0.390 e. The summed E-state index contributed by atoms with van der Waals surface area (Å²) in [5, 5.41) is 8.68. The number of nitrogens with zero attached hydrogens (tertiary/aromatic N) is 1. The zero-order valence-electron chi connectivity index (χ0n) is 7.88. The molecular formula is C8H8F4N2O2. The van der Waals surface area contributed by atoms with Gasteiger partial charge in [-0.3, -0.25) is 0 Å². The molecule has 0 fully saturated rings. The first-order chi connectivity index (χ1) is 7.37. The van der Waals surface area contributed by atoms with Crippen molar-refractivity contribution in [3.8, 4) is 5.88 Å². The molecule has 0 aromatic carbocycles. The van der Waals surface area contributed by atoms with Gasteiger partial charge >= 0.3 is 6.36 Å². The molecule has 0 radical (unpaired) electrons. The first-order valence-corrected chi connectivity index (χ1v) is 4.12. The summed E-state index contributed by atoms with van der Waals surface area (Å²) in [4.78, 5) is 3.16. The lowest BCUT2D eigenvalue weighted by molar-refractivity contribution is -0.276. The Labute approximate surface area is 87.7 Å². The van der Waals surface area contributed by atoms with Crippen molar-refractivity contribution in [3.63, 3.8) is 0 Å². The molecular weight excluding hydrogens is 232 g/mol. The second kappa shape index (κ2) is 4.62. The monoisotopic (exact) mass is 240 g/mol. The molecule has 0 saturated carbocycles. The molecule has 1 aromatic heterocycles. The Kier molecular flexibility index (Phi) is 3.66. The Hall–Kier alpha value is -1.41. The summed E-state index contributed by atoms with van der Waals surface area (Å²) >= 11 is 0. The number of halogens is 4. The molecule has 4 nitrogen and oxygen atoms in total. The van der Waals surface area contributed by atoms with Crippen LogP contribution in [0.3, 0.4) is 0 Å². The number of alkyl halides is 3. The van der Waals surface area contributed by atoms with Crippen LogP contribution in [0.2, 0.25) is 0 Å². The average Bonchev–Trinajstić information content (AvgIpc) is 2.18. The molecule has 0 aliphatic rings. The van der Waals surface area contributed by atoms with Gasteiger partial charge in [0.1, 0.15) is 5.69 Å². The van der Waals surface area contributed by atoms with Crippen molar-refractivity contribution in [2.75, 3.05) is 0 Å². The number of aliphatic hydroxyl groups excluding tert-OH is 1. The van der Waals surface area contributed by atoms with Gasteiger partial charge in [0.25, 0.3) is 0 Å². The van der Waals surface area contributed by atoms with Crippen molar-refractivity contribution in [3.05, 3.63) is 23.1 Å². The highest BCUT2D eigenvalue weighted by molar-refractivity contribution is 5.27. The Morgan fingerprint density at radius 1 is 1.44 bits per heavy atom. The van der Waals surface area contributed by atoms with Crippen LogP contribution in [0.25, 0.3) is 0 Å². The van der Waals surface area contributed by atoms with E-state index in [1.165, 1.54) is 0 Å². The van der Waals surface area contributed by atoms with Crippen LogP contribution in [0.5, 0.6) is 5.88 Å². The Balaban J connectivity index is 3.12. The van der Waals surface area contributed by atoms with Crippen molar-refractivity contribution in [2.45, 2.75) is 19.5 Å². The fourth-order valence-electron chi connectivity index (χ4n) is 1.04. The van der Waals surface area contributed by atoms with Crippen LogP contribution in [0.1, 0.15) is 11.3 Å². The van der Waals surface area contributed by atoms with Gasteiger partial charge in [-0.05, 0) is 0 Å². The molecule has 0 aliphatic carbocycles. The van der Waals surface area contributed by atoms with Gasteiger partial charge in [-0.15, -0.1) is 13.2 Å². The van der Waals surface area contributed by atoms with E-state index in [9.17, 15) is 17.6 Å². The maximum atomic E-state index is 13.2. The first kappa shape index (κ1) is 12.7. The van der Waals surface area contributed by atoms with Crippen molar-refractivity contribution in [1.82, 2.24) is 4.98 Å². The average molecular weight is 240 g/mol. The lowest BCUT2D eigenvalue weighted by Crippen LogP contribution is -2.19. The van der Waals surface area contributed by atoms with E-state index in [1.54, 1.807) is 0 Å². The first-order valence-electron chi connectivity index (χ1n) is 4.12. The molecule has 0 atom stereocenters. The highest BCUT2D eigenvalue weighted by atomic mass is 19.4.